The standard InChI is InChI=1S/C45H86O6/c1-5-7-9-11-13-15-16-17-18-19-20-22-23-28-32-36-43(46)49-39-42(51-45(48)38-34-30-24-21-14-12-10-8-6-2)40-50-44(47)37-33-29-26-25-27-31-35-41(3)4/h41-42H,5-40H2,1-4H3/t42-/m1/s1. The van der Waals surface area contributed by atoms with Gasteiger partial charge in [0.15, 0.2) is 6.10 Å². The third kappa shape index (κ3) is 39.5. The van der Waals surface area contributed by atoms with Crippen LogP contribution in [0, 0.1) is 5.92 Å². The van der Waals surface area contributed by atoms with Gasteiger partial charge in [0.2, 0.25) is 0 Å². The molecule has 0 amide bonds. The molecule has 0 aliphatic rings. The van der Waals surface area contributed by atoms with Crippen LogP contribution in [0.1, 0.15) is 246 Å². The molecule has 0 heterocycles. The van der Waals surface area contributed by atoms with Crippen molar-refractivity contribution < 1.29 is 28.6 Å². The normalized spacial score (nSPS) is 11.9. The summed E-state index contributed by atoms with van der Waals surface area (Å²) in [6.07, 6.45) is 38.1. The Kier molecular flexibility index (Phi) is 38.4. The van der Waals surface area contributed by atoms with Crippen LogP contribution >= 0.6 is 0 Å². The van der Waals surface area contributed by atoms with Crippen LogP contribution < -0.4 is 0 Å². The Labute approximate surface area is 317 Å². The average molecular weight is 723 g/mol. The van der Waals surface area contributed by atoms with Crippen LogP contribution in [0.3, 0.4) is 0 Å². The highest BCUT2D eigenvalue weighted by atomic mass is 16.6. The fourth-order valence-electron chi connectivity index (χ4n) is 6.63. The molecule has 0 unspecified atom stereocenters. The number of esters is 3. The molecule has 0 fully saturated rings. The molecule has 0 aromatic heterocycles. The fourth-order valence-corrected chi connectivity index (χ4v) is 6.63. The van der Waals surface area contributed by atoms with E-state index in [-0.39, 0.29) is 31.1 Å². The van der Waals surface area contributed by atoms with Crippen LogP contribution in [0.2, 0.25) is 0 Å². The van der Waals surface area contributed by atoms with Crippen molar-refractivity contribution >= 4 is 17.9 Å². The van der Waals surface area contributed by atoms with E-state index in [4.69, 9.17) is 14.2 Å². The largest absolute Gasteiger partial charge is 0.462 e. The second kappa shape index (κ2) is 39.6. The van der Waals surface area contributed by atoms with Gasteiger partial charge in [0, 0.05) is 19.3 Å². The number of ether oxygens (including phenoxy) is 3. The summed E-state index contributed by atoms with van der Waals surface area (Å²) in [6.45, 7) is 8.90. The summed E-state index contributed by atoms with van der Waals surface area (Å²) in [5, 5.41) is 0. The van der Waals surface area contributed by atoms with E-state index >= 15 is 0 Å². The molecule has 6 heteroatoms. The lowest BCUT2D eigenvalue weighted by atomic mass is 10.0. The monoisotopic (exact) mass is 723 g/mol. The van der Waals surface area contributed by atoms with E-state index in [1.807, 2.05) is 0 Å². The summed E-state index contributed by atoms with van der Waals surface area (Å²) in [6, 6.07) is 0. The Bertz CT molecular complexity index is 766. The second-order valence-electron chi connectivity index (χ2n) is 15.8. The zero-order valence-electron chi connectivity index (χ0n) is 34.6. The molecule has 0 aromatic rings. The first kappa shape index (κ1) is 49.4. The van der Waals surface area contributed by atoms with Crippen LogP contribution in [0.5, 0.6) is 0 Å². The van der Waals surface area contributed by atoms with Gasteiger partial charge >= 0.3 is 17.9 Å². The van der Waals surface area contributed by atoms with Gasteiger partial charge in [-0.15, -0.1) is 0 Å². The third-order valence-corrected chi connectivity index (χ3v) is 10.0. The van der Waals surface area contributed by atoms with E-state index in [9.17, 15) is 14.4 Å². The molecule has 0 N–H and O–H groups in total. The summed E-state index contributed by atoms with van der Waals surface area (Å²) < 4.78 is 16.7. The van der Waals surface area contributed by atoms with Crippen molar-refractivity contribution in [3.63, 3.8) is 0 Å². The Balaban J connectivity index is 4.26. The minimum Gasteiger partial charge on any atom is -0.462 e. The van der Waals surface area contributed by atoms with Crippen LogP contribution in [-0.2, 0) is 28.6 Å². The van der Waals surface area contributed by atoms with Crippen molar-refractivity contribution in [1.29, 1.82) is 0 Å². The highest BCUT2D eigenvalue weighted by Crippen LogP contribution is 2.16. The summed E-state index contributed by atoms with van der Waals surface area (Å²) in [5.41, 5.74) is 0. The molecule has 6 nitrogen and oxygen atoms in total. The van der Waals surface area contributed by atoms with Gasteiger partial charge < -0.3 is 14.2 Å². The predicted molar refractivity (Wildman–Crippen MR) is 215 cm³/mol. The first-order valence-electron chi connectivity index (χ1n) is 22.4. The van der Waals surface area contributed by atoms with Crippen molar-refractivity contribution in [3.05, 3.63) is 0 Å². The molecule has 302 valence electrons. The highest BCUT2D eigenvalue weighted by molar-refractivity contribution is 5.71. The second-order valence-corrected chi connectivity index (χ2v) is 15.8. The Hall–Kier alpha value is -1.59. The number of hydrogen-bond acceptors (Lipinski definition) is 6. The van der Waals surface area contributed by atoms with Crippen molar-refractivity contribution in [3.8, 4) is 0 Å². The smallest absolute Gasteiger partial charge is 0.306 e. The number of carbonyl (C=O) groups excluding carboxylic acids is 3. The van der Waals surface area contributed by atoms with Gasteiger partial charge in [0.1, 0.15) is 13.2 Å². The van der Waals surface area contributed by atoms with Crippen LogP contribution in [0.15, 0.2) is 0 Å². The molecular formula is C45H86O6. The van der Waals surface area contributed by atoms with Crippen molar-refractivity contribution in [2.24, 2.45) is 5.92 Å². The molecule has 0 aromatic carbocycles. The topological polar surface area (TPSA) is 78.9 Å². The van der Waals surface area contributed by atoms with Gasteiger partial charge in [-0.2, -0.15) is 0 Å². The zero-order valence-corrected chi connectivity index (χ0v) is 34.6. The molecule has 0 rings (SSSR count). The molecule has 0 radical (unpaired) electrons. The maximum atomic E-state index is 12.6. The molecule has 0 saturated heterocycles. The minimum atomic E-state index is -0.758. The molecule has 0 aliphatic carbocycles. The fraction of sp³-hybridized carbons (Fsp3) is 0.933. The Morgan fingerprint density at radius 2 is 0.647 bits per heavy atom. The number of carbonyl (C=O) groups is 3. The summed E-state index contributed by atoms with van der Waals surface area (Å²) in [7, 11) is 0. The molecule has 51 heavy (non-hydrogen) atoms. The maximum Gasteiger partial charge on any atom is 0.306 e. The lowest BCUT2D eigenvalue weighted by Gasteiger charge is -2.18. The Morgan fingerprint density at radius 1 is 0.373 bits per heavy atom. The van der Waals surface area contributed by atoms with E-state index in [2.05, 4.69) is 27.7 Å². The molecule has 1 atom stereocenters. The van der Waals surface area contributed by atoms with Crippen molar-refractivity contribution in [2.75, 3.05) is 13.2 Å². The molecule has 0 saturated carbocycles. The maximum absolute atomic E-state index is 12.6. The van der Waals surface area contributed by atoms with E-state index in [1.165, 1.54) is 141 Å². The van der Waals surface area contributed by atoms with Gasteiger partial charge in [-0.3, -0.25) is 14.4 Å². The number of hydrogen-bond donors (Lipinski definition) is 0. The molecule has 0 spiro atoms. The van der Waals surface area contributed by atoms with E-state index in [0.717, 1.165) is 63.7 Å². The van der Waals surface area contributed by atoms with Gasteiger partial charge in [0.25, 0.3) is 0 Å². The first-order valence-corrected chi connectivity index (χ1v) is 22.4. The zero-order chi connectivity index (χ0) is 37.5. The first-order chi connectivity index (χ1) is 24.9. The van der Waals surface area contributed by atoms with Gasteiger partial charge in [-0.25, -0.2) is 0 Å². The van der Waals surface area contributed by atoms with Crippen LogP contribution in [0.4, 0.5) is 0 Å². The lowest BCUT2D eigenvalue weighted by molar-refractivity contribution is -0.167. The quantitative estimate of drug-likeness (QED) is 0.0356. The van der Waals surface area contributed by atoms with Crippen LogP contribution in [-0.4, -0.2) is 37.2 Å². The number of rotatable bonds is 40. The molecule has 0 aliphatic heterocycles. The SMILES string of the molecule is CCCCCCCCCCCCCCCCCC(=O)OC[C@H](COC(=O)CCCCCCCCC(C)C)OC(=O)CCCCCCCCCCC. The predicted octanol–water partition coefficient (Wildman–Crippen LogP) is 13.9. The summed E-state index contributed by atoms with van der Waals surface area (Å²) in [5.74, 6) is -0.0988. The summed E-state index contributed by atoms with van der Waals surface area (Å²) >= 11 is 0. The van der Waals surface area contributed by atoms with Gasteiger partial charge in [0.05, 0.1) is 0 Å². The van der Waals surface area contributed by atoms with E-state index in [0.29, 0.717) is 19.3 Å². The highest BCUT2D eigenvalue weighted by Gasteiger charge is 2.19. The van der Waals surface area contributed by atoms with Gasteiger partial charge in [-0.05, 0) is 25.2 Å². The third-order valence-electron chi connectivity index (χ3n) is 10.0. The van der Waals surface area contributed by atoms with Crippen LogP contribution in [0.25, 0.3) is 0 Å². The Morgan fingerprint density at radius 3 is 0.961 bits per heavy atom. The summed E-state index contributed by atoms with van der Waals surface area (Å²) in [4.78, 5) is 37.6. The molecule has 0 bridgehead atoms. The van der Waals surface area contributed by atoms with E-state index < -0.39 is 6.10 Å². The molecular weight excluding hydrogens is 636 g/mol. The average Bonchev–Trinajstić information content (AvgIpc) is 3.11. The van der Waals surface area contributed by atoms with Gasteiger partial charge in [-0.1, -0.05) is 207 Å². The van der Waals surface area contributed by atoms with Crippen molar-refractivity contribution in [1.82, 2.24) is 0 Å². The lowest BCUT2D eigenvalue weighted by Crippen LogP contribution is -2.30. The minimum absolute atomic E-state index is 0.0648. The number of unbranched alkanes of at least 4 members (excludes halogenated alkanes) is 27. The van der Waals surface area contributed by atoms with E-state index in [1.54, 1.807) is 0 Å². The van der Waals surface area contributed by atoms with Crippen molar-refractivity contribution in [2.45, 2.75) is 252 Å².